The van der Waals surface area contributed by atoms with Crippen molar-refractivity contribution in [1.29, 1.82) is 0 Å². The molecule has 154 valence electrons. The molecule has 1 amide bonds. The van der Waals surface area contributed by atoms with Crippen LogP contribution in [0.3, 0.4) is 0 Å². The zero-order valence-corrected chi connectivity index (χ0v) is 15.3. The molecule has 0 saturated carbocycles. The van der Waals surface area contributed by atoms with Gasteiger partial charge >= 0.3 is 12.1 Å². The van der Waals surface area contributed by atoms with E-state index in [4.69, 9.17) is 14.6 Å². The van der Waals surface area contributed by atoms with Gasteiger partial charge in [-0.2, -0.15) is 0 Å². The highest BCUT2D eigenvalue weighted by Gasteiger charge is 2.42. The van der Waals surface area contributed by atoms with Gasteiger partial charge in [0, 0.05) is 18.0 Å². The molecule has 0 aliphatic carbocycles. The van der Waals surface area contributed by atoms with Crippen molar-refractivity contribution in [2.45, 2.75) is 32.0 Å². The number of carbonyl (C=O) groups is 2. The lowest BCUT2D eigenvalue weighted by Crippen LogP contribution is -2.38. The summed E-state index contributed by atoms with van der Waals surface area (Å²) in [5.74, 6) is 0.0189. The van der Waals surface area contributed by atoms with E-state index in [1.54, 1.807) is 22.8 Å². The Morgan fingerprint density at radius 1 is 1.38 bits per heavy atom. The van der Waals surface area contributed by atoms with Crippen LogP contribution in [0.4, 0.5) is 25.1 Å². The predicted octanol–water partition coefficient (Wildman–Crippen LogP) is 2.42. The van der Waals surface area contributed by atoms with Gasteiger partial charge in [-0.1, -0.05) is 0 Å². The summed E-state index contributed by atoms with van der Waals surface area (Å²) in [6.45, 7) is 1.81. The lowest BCUT2D eigenvalue weighted by molar-refractivity contribution is -0.137. The number of carboxylic acids is 1. The molecule has 11 heteroatoms. The molecule has 0 spiro atoms. The number of aliphatic carboxylic acids is 1. The summed E-state index contributed by atoms with van der Waals surface area (Å²) in [7, 11) is 0. The third-order valence-electron chi connectivity index (χ3n) is 4.77. The van der Waals surface area contributed by atoms with Crippen LogP contribution in [0.2, 0.25) is 0 Å². The second-order valence-corrected chi connectivity index (χ2v) is 6.73. The van der Waals surface area contributed by atoms with Gasteiger partial charge in [0.25, 0.3) is 6.43 Å². The molecule has 0 radical (unpaired) electrons. The van der Waals surface area contributed by atoms with Gasteiger partial charge in [-0.15, -0.1) is 0 Å². The average molecular weight is 408 g/mol. The molecule has 0 unspecified atom stereocenters. The number of anilines is 2. The number of fused-ring (bicyclic) bond motifs is 3. The van der Waals surface area contributed by atoms with Gasteiger partial charge in [0.05, 0.1) is 12.1 Å². The number of alkyl halides is 2. The number of carboxylic acid groups (broad SMARTS) is 1. The number of nitrogens with one attached hydrogen (secondary N) is 1. The van der Waals surface area contributed by atoms with E-state index < -0.39 is 37.2 Å². The van der Waals surface area contributed by atoms with Gasteiger partial charge in [0.15, 0.2) is 5.82 Å². The Morgan fingerprint density at radius 3 is 2.90 bits per heavy atom. The third kappa shape index (κ3) is 3.43. The van der Waals surface area contributed by atoms with Gasteiger partial charge < -0.3 is 24.5 Å². The predicted molar refractivity (Wildman–Crippen MR) is 97.5 cm³/mol. The Kier molecular flexibility index (Phi) is 4.73. The zero-order valence-electron chi connectivity index (χ0n) is 15.3. The molecular formula is C18H18F2N4O5. The van der Waals surface area contributed by atoms with Crippen molar-refractivity contribution in [3.63, 3.8) is 0 Å². The van der Waals surface area contributed by atoms with E-state index in [1.807, 2.05) is 0 Å². The van der Waals surface area contributed by atoms with Crippen LogP contribution in [0.5, 0.6) is 5.75 Å². The molecule has 1 saturated heterocycles. The number of carbonyl (C=O) groups excluding carboxylic acids is 1. The highest BCUT2D eigenvalue weighted by atomic mass is 19.3. The fraction of sp³-hybridized carbons (Fsp3) is 0.389. The second-order valence-electron chi connectivity index (χ2n) is 6.73. The van der Waals surface area contributed by atoms with Crippen molar-refractivity contribution in [2.24, 2.45) is 0 Å². The molecule has 0 bridgehead atoms. The Bertz CT molecular complexity index is 964. The van der Waals surface area contributed by atoms with Crippen molar-refractivity contribution in [3.8, 4) is 17.1 Å². The fourth-order valence-electron chi connectivity index (χ4n) is 3.27. The van der Waals surface area contributed by atoms with Crippen molar-refractivity contribution >= 4 is 23.6 Å². The molecule has 1 fully saturated rings. The molecule has 4 rings (SSSR count). The monoisotopic (exact) mass is 408 g/mol. The number of ether oxygens (including phenoxy) is 2. The van der Waals surface area contributed by atoms with Gasteiger partial charge in [-0.3, -0.25) is 4.79 Å². The summed E-state index contributed by atoms with van der Waals surface area (Å²) in [5, 5.41) is 11.9. The Hall–Kier alpha value is -3.37. The van der Waals surface area contributed by atoms with Crippen LogP contribution in [0.1, 0.15) is 6.92 Å². The molecular weight excluding hydrogens is 390 g/mol. The lowest BCUT2D eigenvalue weighted by Gasteiger charge is -2.17. The lowest BCUT2D eigenvalue weighted by atomic mass is 10.1. The van der Waals surface area contributed by atoms with Crippen LogP contribution in [0.15, 0.2) is 24.4 Å². The molecule has 1 aromatic carbocycles. The van der Waals surface area contributed by atoms with Crippen LogP contribution >= 0.6 is 0 Å². The number of aromatic nitrogens is 2. The molecule has 2 aliphatic heterocycles. The summed E-state index contributed by atoms with van der Waals surface area (Å²) in [4.78, 5) is 28.3. The van der Waals surface area contributed by atoms with Gasteiger partial charge in [-0.05, 0) is 19.1 Å². The van der Waals surface area contributed by atoms with Gasteiger partial charge in [0.2, 0.25) is 0 Å². The minimum absolute atomic E-state index is 0.0855. The third-order valence-corrected chi connectivity index (χ3v) is 4.77. The SMILES string of the molecule is C[C@@H](Nc1ccc2c(c1)OCCn1cc(N3C(=O)OC[C@H]3C(F)F)nc1-2)C(=O)O. The zero-order chi connectivity index (χ0) is 20.7. The van der Waals surface area contributed by atoms with Crippen molar-refractivity contribution < 1.29 is 33.0 Å². The molecule has 1 aromatic heterocycles. The topological polar surface area (TPSA) is 106 Å². The number of imidazole rings is 1. The second kappa shape index (κ2) is 7.22. The minimum atomic E-state index is -2.76. The first-order valence-electron chi connectivity index (χ1n) is 8.93. The van der Waals surface area contributed by atoms with Gasteiger partial charge in [-0.25, -0.2) is 23.5 Å². The molecule has 3 heterocycles. The summed E-state index contributed by atoms with van der Waals surface area (Å²) >= 11 is 0. The quantitative estimate of drug-likeness (QED) is 0.783. The van der Waals surface area contributed by atoms with Crippen molar-refractivity contribution in [3.05, 3.63) is 24.4 Å². The number of rotatable bonds is 5. The Labute approximate surface area is 163 Å². The average Bonchev–Trinajstić information content (AvgIpc) is 3.21. The Balaban J connectivity index is 1.68. The number of nitrogens with zero attached hydrogens (tertiary/aromatic N) is 3. The molecule has 2 aliphatic rings. The van der Waals surface area contributed by atoms with Crippen LogP contribution in [-0.2, 0) is 16.1 Å². The standard InChI is InChI=1S/C18H18F2N4O5/c1-9(17(25)26)21-10-2-3-11-13(6-10)28-5-4-23-7-14(22-16(11)23)24-12(15(19)20)8-29-18(24)27/h2-3,6-7,9,12,15,21H,4-5,8H2,1H3,(H,25,26)/t9-,12+/m1/s1. The number of hydrogen-bond donors (Lipinski definition) is 2. The van der Waals surface area contributed by atoms with E-state index in [9.17, 15) is 18.4 Å². The van der Waals surface area contributed by atoms with Crippen LogP contribution in [0.25, 0.3) is 11.4 Å². The number of hydrogen-bond acceptors (Lipinski definition) is 6. The fourth-order valence-corrected chi connectivity index (χ4v) is 3.27. The van der Waals surface area contributed by atoms with Crippen LogP contribution in [0, 0.1) is 0 Å². The maximum absolute atomic E-state index is 13.3. The first-order valence-corrected chi connectivity index (χ1v) is 8.93. The molecule has 2 N–H and O–H groups in total. The first kappa shape index (κ1) is 19.0. The molecule has 29 heavy (non-hydrogen) atoms. The smallest absolute Gasteiger partial charge is 0.416 e. The Morgan fingerprint density at radius 2 is 2.17 bits per heavy atom. The number of halogens is 2. The summed E-state index contributed by atoms with van der Waals surface area (Å²) < 4.78 is 38.8. The van der Waals surface area contributed by atoms with Crippen molar-refractivity contribution in [2.75, 3.05) is 23.4 Å². The molecule has 9 nitrogen and oxygen atoms in total. The maximum atomic E-state index is 13.3. The van der Waals surface area contributed by atoms with E-state index in [0.717, 1.165) is 4.90 Å². The normalized spacial score (nSPS) is 19.1. The van der Waals surface area contributed by atoms with Crippen LogP contribution in [-0.4, -0.2) is 58.4 Å². The highest BCUT2D eigenvalue weighted by molar-refractivity contribution is 5.89. The number of cyclic esters (lactones) is 1. The van der Waals surface area contributed by atoms with E-state index in [-0.39, 0.29) is 12.4 Å². The van der Waals surface area contributed by atoms with Crippen LogP contribution < -0.4 is 15.0 Å². The first-order chi connectivity index (χ1) is 13.8. The largest absolute Gasteiger partial charge is 0.491 e. The summed E-state index contributed by atoms with van der Waals surface area (Å²) in [5.41, 5.74) is 1.16. The molecule has 2 atom stereocenters. The van der Waals surface area contributed by atoms with E-state index in [0.29, 0.717) is 29.4 Å². The van der Waals surface area contributed by atoms with E-state index in [1.165, 1.54) is 13.1 Å². The number of benzene rings is 1. The number of amides is 1. The van der Waals surface area contributed by atoms with Crippen molar-refractivity contribution in [1.82, 2.24) is 9.55 Å². The summed E-state index contributed by atoms with van der Waals surface area (Å²) in [6.07, 6.45) is -2.10. The van der Waals surface area contributed by atoms with E-state index >= 15 is 0 Å². The van der Waals surface area contributed by atoms with E-state index in [2.05, 4.69) is 10.3 Å². The maximum Gasteiger partial charge on any atom is 0.416 e. The van der Waals surface area contributed by atoms with Gasteiger partial charge in [0.1, 0.15) is 36.9 Å². The molecule has 2 aromatic rings. The minimum Gasteiger partial charge on any atom is -0.491 e. The summed E-state index contributed by atoms with van der Waals surface area (Å²) in [6, 6.07) is 2.86. The highest BCUT2D eigenvalue weighted by Crippen LogP contribution is 2.36.